The molecule has 2 aromatic rings. The molecule has 1 fully saturated rings. The van der Waals surface area contributed by atoms with E-state index in [2.05, 4.69) is 62.9 Å². The van der Waals surface area contributed by atoms with Gasteiger partial charge in [0.05, 0.1) is 6.61 Å². The van der Waals surface area contributed by atoms with Crippen LogP contribution in [0.2, 0.25) is 0 Å². The van der Waals surface area contributed by atoms with E-state index in [4.69, 9.17) is 4.74 Å². The predicted molar refractivity (Wildman–Crippen MR) is 131 cm³/mol. The van der Waals surface area contributed by atoms with Gasteiger partial charge in [-0.05, 0) is 36.1 Å². The van der Waals surface area contributed by atoms with Crippen molar-refractivity contribution < 1.29 is 14.3 Å². The highest BCUT2D eigenvalue weighted by atomic mass is 16.5. The summed E-state index contributed by atoms with van der Waals surface area (Å²) in [6.07, 6.45) is -0.578. The van der Waals surface area contributed by atoms with Crippen molar-refractivity contribution in [3.8, 4) is 0 Å². The first-order valence-corrected chi connectivity index (χ1v) is 11.8. The molecule has 2 aromatic carbocycles. The zero-order chi connectivity index (χ0) is 23.6. The number of benzene rings is 2. The Morgan fingerprint density at radius 3 is 1.94 bits per heavy atom. The van der Waals surface area contributed by atoms with Crippen LogP contribution in [0.1, 0.15) is 31.9 Å². The van der Waals surface area contributed by atoms with Crippen LogP contribution < -0.4 is 10.6 Å². The molecule has 2 N–H and O–H groups in total. The van der Waals surface area contributed by atoms with Gasteiger partial charge in [0.1, 0.15) is 6.04 Å². The minimum atomic E-state index is -0.657. The molecule has 1 heterocycles. The molecule has 1 unspecified atom stereocenters. The van der Waals surface area contributed by atoms with Gasteiger partial charge in [0.25, 0.3) is 0 Å². The third-order valence-electron chi connectivity index (χ3n) is 5.84. The first kappa shape index (κ1) is 24.7. The fourth-order valence-corrected chi connectivity index (χ4v) is 3.95. The van der Waals surface area contributed by atoms with Crippen molar-refractivity contribution in [1.29, 1.82) is 0 Å². The van der Waals surface area contributed by atoms with Crippen molar-refractivity contribution in [2.24, 2.45) is 5.92 Å². The molecule has 3 rings (SSSR count). The topological polar surface area (TPSA) is 73.9 Å². The molecule has 33 heavy (non-hydrogen) atoms. The largest absolute Gasteiger partial charge is 0.450 e. The molecule has 1 aliphatic rings. The lowest BCUT2D eigenvalue weighted by Crippen LogP contribution is -2.47. The molecule has 1 atom stereocenters. The lowest BCUT2D eigenvalue weighted by molar-refractivity contribution is -0.119. The van der Waals surface area contributed by atoms with Crippen LogP contribution in [-0.2, 0) is 22.6 Å². The van der Waals surface area contributed by atoms with E-state index in [-0.39, 0.29) is 18.4 Å². The van der Waals surface area contributed by atoms with Crippen LogP contribution in [0, 0.1) is 5.92 Å². The second kappa shape index (κ2) is 12.4. The second-order valence-electron chi connectivity index (χ2n) is 8.81. The van der Waals surface area contributed by atoms with Crippen molar-refractivity contribution in [2.45, 2.75) is 39.9 Å². The summed E-state index contributed by atoms with van der Waals surface area (Å²) in [7, 11) is 0. The van der Waals surface area contributed by atoms with Crippen molar-refractivity contribution in [2.75, 3.05) is 38.1 Å². The number of alkyl carbamates (subject to hydrolysis) is 1. The Labute approximate surface area is 197 Å². The van der Waals surface area contributed by atoms with Gasteiger partial charge < -0.3 is 15.4 Å². The predicted octanol–water partition coefficient (Wildman–Crippen LogP) is 3.71. The van der Waals surface area contributed by atoms with Crippen molar-refractivity contribution >= 4 is 17.7 Å². The number of ether oxygens (including phenoxy) is 1. The molecule has 178 valence electrons. The number of nitrogens with one attached hydrogen (secondary N) is 2. The number of anilines is 1. The summed E-state index contributed by atoms with van der Waals surface area (Å²) < 4.78 is 4.91. The molecule has 7 heteroatoms. The number of carbonyl (C=O) groups is 2. The normalized spacial score (nSPS) is 15.8. The van der Waals surface area contributed by atoms with Gasteiger partial charge in [-0.15, -0.1) is 0 Å². The summed E-state index contributed by atoms with van der Waals surface area (Å²) in [6.45, 7) is 11.9. The first-order chi connectivity index (χ1) is 15.9. The van der Waals surface area contributed by atoms with Gasteiger partial charge in [-0.25, -0.2) is 4.79 Å². The minimum absolute atomic E-state index is 0.0609. The van der Waals surface area contributed by atoms with E-state index < -0.39 is 12.1 Å². The maximum Gasteiger partial charge on any atom is 0.407 e. The zero-order valence-corrected chi connectivity index (χ0v) is 19.9. The van der Waals surface area contributed by atoms with Gasteiger partial charge in [0.15, 0.2) is 0 Å². The SMILES string of the molecule is CCOC(=O)NC(C(=O)Nc1ccc(CN2CCN(Cc3ccccc3)CC2)cc1)C(C)C. The number of amides is 2. The maximum absolute atomic E-state index is 12.7. The summed E-state index contributed by atoms with van der Waals surface area (Å²) in [5.41, 5.74) is 3.29. The number of rotatable bonds is 9. The van der Waals surface area contributed by atoms with Crippen molar-refractivity contribution in [3.63, 3.8) is 0 Å². The smallest absolute Gasteiger partial charge is 0.407 e. The van der Waals surface area contributed by atoms with Gasteiger partial charge in [-0.2, -0.15) is 0 Å². The Balaban J connectivity index is 1.46. The standard InChI is InChI=1S/C26H36N4O3/c1-4-33-26(32)28-24(20(2)3)25(31)27-23-12-10-22(11-13-23)19-30-16-14-29(15-17-30)18-21-8-6-5-7-9-21/h5-13,20,24H,4,14-19H2,1-3H3,(H,27,31)(H,28,32). The number of hydrogen-bond acceptors (Lipinski definition) is 5. The number of nitrogens with zero attached hydrogens (tertiary/aromatic N) is 2. The van der Waals surface area contributed by atoms with Crippen molar-refractivity contribution in [1.82, 2.24) is 15.1 Å². The Kier molecular flexibility index (Phi) is 9.27. The van der Waals surface area contributed by atoms with E-state index in [1.165, 1.54) is 11.1 Å². The zero-order valence-electron chi connectivity index (χ0n) is 19.9. The summed E-state index contributed by atoms with van der Waals surface area (Å²) >= 11 is 0. The van der Waals surface area contributed by atoms with Crippen molar-refractivity contribution in [3.05, 3.63) is 65.7 Å². The third kappa shape index (κ3) is 7.87. The van der Waals surface area contributed by atoms with E-state index in [0.717, 1.165) is 39.3 Å². The van der Waals surface area contributed by atoms with E-state index in [9.17, 15) is 9.59 Å². The Morgan fingerprint density at radius 1 is 0.879 bits per heavy atom. The van der Waals surface area contributed by atoms with Gasteiger partial charge in [0, 0.05) is 45.0 Å². The second-order valence-corrected chi connectivity index (χ2v) is 8.81. The average Bonchev–Trinajstić information content (AvgIpc) is 2.81. The van der Waals surface area contributed by atoms with Crippen LogP contribution in [0.3, 0.4) is 0 Å². The van der Waals surface area contributed by atoms with Gasteiger partial charge in [-0.3, -0.25) is 14.6 Å². The molecule has 0 radical (unpaired) electrons. The number of carbonyl (C=O) groups excluding carboxylic acids is 2. The quantitative estimate of drug-likeness (QED) is 0.607. The number of piperazine rings is 1. The van der Waals surface area contributed by atoms with Crippen LogP contribution in [0.5, 0.6) is 0 Å². The third-order valence-corrected chi connectivity index (χ3v) is 5.84. The van der Waals surface area contributed by atoms with E-state index in [0.29, 0.717) is 5.69 Å². The molecule has 1 saturated heterocycles. The first-order valence-electron chi connectivity index (χ1n) is 11.8. The highest BCUT2D eigenvalue weighted by molar-refractivity contribution is 5.96. The number of hydrogen-bond donors (Lipinski definition) is 2. The molecule has 0 aromatic heterocycles. The van der Waals surface area contributed by atoms with Gasteiger partial charge in [-0.1, -0.05) is 56.3 Å². The van der Waals surface area contributed by atoms with Crippen LogP contribution in [0.15, 0.2) is 54.6 Å². The lowest BCUT2D eigenvalue weighted by Gasteiger charge is -2.34. The molecule has 0 bridgehead atoms. The fraction of sp³-hybridized carbons (Fsp3) is 0.462. The van der Waals surface area contributed by atoms with Crippen LogP contribution >= 0.6 is 0 Å². The summed E-state index contributed by atoms with van der Waals surface area (Å²) in [5, 5.41) is 5.54. The van der Waals surface area contributed by atoms with E-state index in [1.54, 1.807) is 6.92 Å². The molecule has 1 aliphatic heterocycles. The van der Waals surface area contributed by atoms with Crippen LogP contribution in [-0.4, -0.2) is 60.6 Å². The Hall–Kier alpha value is -2.90. The summed E-state index contributed by atoms with van der Waals surface area (Å²) in [6, 6.07) is 17.9. The lowest BCUT2D eigenvalue weighted by atomic mass is 10.0. The van der Waals surface area contributed by atoms with Crippen LogP contribution in [0.25, 0.3) is 0 Å². The fourth-order valence-electron chi connectivity index (χ4n) is 3.95. The Morgan fingerprint density at radius 2 is 1.42 bits per heavy atom. The van der Waals surface area contributed by atoms with Gasteiger partial charge >= 0.3 is 6.09 Å². The highest BCUT2D eigenvalue weighted by Crippen LogP contribution is 2.15. The van der Waals surface area contributed by atoms with E-state index in [1.807, 2.05) is 26.0 Å². The van der Waals surface area contributed by atoms with Crippen LogP contribution in [0.4, 0.5) is 10.5 Å². The summed E-state index contributed by atoms with van der Waals surface area (Å²) in [4.78, 5) is 29.4. The molecule has 0 saturated carbocycles. The molecule has 7 nitrogen and oxygen atoms in total. The maximum atomic E-state index is 12.7. The molecule has 2 amide bonds. The average molecular weight is 453 g/mol. The molecule has 0 spiro atoms. The Bertz CT molecular complexity index is 878. The highest BCUT2D eigenvalue weighted by Gasteiger charge is 2.25. The van der Waals surface area contributed by atoms with E-state index >= 15 is 0 Å². The summed E-state index contributed by atoms with van der Waals surface area (Å²) in [5.74, 6) is -0.311. The molecule has 0 aliphatic carbocycles. The molecular weight excluding hydrogens is 416 g/mol. The van der Waals surface area contributed by atoms with Gasteiger partial charge in [0.2, 0.25) is 5.91 Å². The monoisotopic (exact) mass is 452 g/mol. The molecular formula is C26H36N4O3. The minimum Gasteiger partial charge on any atom is -0.450 e.